The number of ether oxygens (including phenoxy) is 2. The van der Waals surface area contributed by atoms with Gasteiger partial charge < -0.3 is 14.6 Å². The van der Waals surface area contributed by atoms with Crippen molar-refractivity contribution in [1.29, 1.82) is 0 Å². The highest BCUT2D eigenvalue weighted by Crippen LogP contribution is 2.41. The molecule has 180 valence electrons. The van der Waals surface area contributed by atoms with Crippen LogP contribution in [0.1, 0.15) is 25.0 Å². The number of nitrogens with zero attached hydrogens (tertiary/aromatic N) is 1. The summed E-state index contributed by atoms with van der Waals surface area (Å²) in [6.07, 6.45) is -4.30. The van der Waals surface area contributed by atoms with E-state index in [0.717, 1.165) is 28.8 Å². The molecule has 0 spiro atoms. The summed E-state index contributed by atoms with van der Waals surface area (Å²) in [7, 11) is 0. The Morgan fingerprint density at radius 3 is 2.59 bits per heavy atom. The number of halogens is 4. The molecular weight excluding hydrogens is 515 g/mol. The molecule has 0 saturated carbocycles. The van der Waals surface area contributed by atoms with E-state index in [-0.39, 0.29) is 33.0 Å². The highest BCUT2D eigenvalue weighted by Gasteiger charge is 2.37. The molecular formula is C22H17ClF3NO5S2. The SMILES string of the molecule is CCOc1cc(/C=C2/SC(=S)N(c3ccc(Cl)c(C(F)(F)F)c3)C2=O)ccc1OC(C)C(=O)O. The van der Waals surface area contributed by atoms with Crippen molar-refractivity contribution in [3.63, 3.8) is 0 Å². The predicted octanol–water partition coefficient (Wildman–Crippen LogP) is 6.02. The van der Waals surface area contributed by atoms with Crippen LogP contribution in [0.3, 0.4) is 0 Å². The van der Waals surface area contributed by atoms with Crippen LogP contribution in [0.5, 0.6) is 11.5 Å². The number of thiocarbonyl (C=S) groups is 1. The van der Waals surface area contributed by atoms with Gasteiger partial charge in [0, 0.05) is 0 Å². The van der Waals surface area contributed by atoms with Crippen molar-refractivity contribution < 1.29 is 37.3 Å². The lowest BCUT2D eigenvalue weighted by atomic mass is 10.1. The van der Waals surface area contributed by atoms with Gasteiger partial charge in [0.1, 0.15) is 0 Å². The second-order valence-corrected chi connectivity index (χ2v) is 9.00. The molecule has 2 aromatic carbocycles. The van der Waals surface area contributed by atoms with Gasteiger partial charge in [-0.3, -0.25) is 9.69 Å². The van der Waals surface area contributed by atoms with Gasteiger partial charge in [-0.05, 0) is 55.8 Å². The standard InChI is InChI=1S/C22H17ClF3NO5S2/c1-3-31-17-8-12(4-7-16(17)32-11(2)20(29)30)9-18-19(28)27(21(33)34-18)13-5-6-15(23)14(10-13)22(24,25)26/h4-11H,3H2,1-2H3,(H,29,30)/b18-9+. The fraction of sp³-hybridized carbons (Fsp3) is 0.227. The van der Waals surface area contributed by atoms with E-state index in [2.05, 4.69) is 0 Å². The molecule has 1 heterocycles. The van der Waals surface area contributed by atoms with Gasteiger partial charge in [0.15, 0.2) is 21.9 Å². The first-order valence-corrected chi connectivity index (χ1v) is 11.3. The van der Waals surface area contributed by atoms with Crippen LogP contribution in [0.4, 0.5) is 18.9 Å². The van der Waals surface area contributed by atoms with Gasteiger partial charge in [0.25, 0.3) is 5.91 Å². The van der Waals surface area contributed by atoms with E-state index in [0.29, 0.717) is 5.56 Å². The first kappa shape index (κ1) is 25.9. The number of carbonyl (C=O) groups excluding carboxylic acids is 1. The van der Waals surface area contributed by atoms with Crippen molar-refractivity contribution in [2.24, 2.45) is 0 Å². The first-order chi connectivity index (χ1) is 15.9. The summed E-state index contributed by atoms with van der Waals surface area (Å²) in [5.74, 6) is -1.26. The maximum Gasteiger partial charge on any atom is 0.417 e. The number of rotatable bonds is 7. The molecule has 12 heteroatoms. The van der Waals surface area contributed by atoms with Crippen LogP contribution in [0.15, 0.2) is 41.3 Å². The zero-order chi connectivity index (χ0) is 25.2. The zero-order valence-electron chi connectivity index (χ0n) is 17.7. The molecule has 1 amide bonds. The van der Waals surface area contributed by atoms with Gasteiger partial charge in [-0.1, -0.05) is 41.6 Å². The van der Waals surface area contributed by atoms with Crippen molar-refractivity contribution in [3.8, 4) is 11.5 Å². The van der Waals surface area contributed by atoms with Crippen LogP contribution in [0.25, 0.3) is 6.08 Å². The number of carbonyl (C=O) groups is 2. The van der Waals surface area contributed by atoms with Gasteiger partial charge >= 0.3 is 12.1 Å². The van der Waals surface area contributed by atoms with Crippen LogP contribution in [-0.2, 0) is 15.8 Å². The van der Waals surface area contributed by atoms with Gasteiger partial charge in [0.2, 0.25) is 0 Å². The summed E-state index contributed by atoms with van der Waals surface area (Å²) in [6, 6.07) is 7.78. The number of alkyl halides is 3. The maximum atomic E-state index is 13.2. The number of anilines is 1. The fourth-order valence-corrected chi connectivity index (χ4v) is 4.46. The van der Waals surface area contributed by atoms with Crippen LogP contribution in [0, 0.1) is 0 Å². The minimum absolute atomic E-state index is 0.0518. The number of amides is 1. The number of benzene rings is 2. The fourth-order valence-electron chi connectivity index (χ4n) is 2.93. The number of hydrogen-bond acceptors (Lipinski definition) is 6. The summed E-state index contributed by atoms with van der Waals surface area (Å²) in [5, 5.41) is 8.57. The lowest BCUT2D eigenvalue weighted by Crippen LogP contribution is -2.27. The van der Waals surface area contributed by atoms with E-state index in [9.17, 15) is 22.8 Å². The second-order valence-electron chi connectivity index (χ2n) is 6.92. The molecule has 0 aromatic heterocycles. The minimum atomic E-state index is -4.69. The third-order valence-electron chi connectivity index (χ3n) is 4.52. The Bertz CT molecular complexity index is 1190. The average molecular weight is 532 g/mol. The van der Waals surface area contributed by atoms with Gasteiger partial charge in [-0.25, -0.2) is 4.79 Å². The predicted molar refractivity (Wildman–Crippen MR) is 127 cm³/mol. The summed E-state index contributed by atoms with van der Waals surface area (Å²) in [4.78, 5) is 25.2. The van der Waals surface area contributed by atoms with Crippen molar-refractivity contribution in [2.45, 2.75) is 26.1 Å². The van der Waals surface area contributed by atoms with E-state index in [1.807, 2.05) is 0 Å². The Morgan fingerprint density at radius 1 is 1.26 bits per heavy atom. The molecule has 1 saturated heterocycles. The van der Waals surface area contributed by atoms with Crippen LogP contribution in [-0.4, -0.2) is 34.0 Å². The highest BCUT2D eigenvalue weighted by atomic mass is 35.5. The quantitative estimate of drug-likeness (QED) is 0.346. The third kappa shape index (κ3) is 5.65. The highest BCUT2D eigenvalue weighted by molar-refractivity contribution is 8.27. The van der Waals surface area contributed by atoms with Crippen molar-refractivity contribution >= 4 is 63.5 Å². The number of carboxylic acid groups (broad SMARTS) is 1. The van der Waals surface area contributed by atoms with Gasteiger partial charge in [0.05, 0.1) is 27.8 Å². The number of thioether (sulfide) groups is 1. The molecule has 1 fully saturated rings. The summed E-state index contributed by atoms with van der Waals surface area (Å²) < 4.78 is 50.7. The molecule has 6 nitrogen and oxygen atoms in total. The molecule has 0 bridgehead atoms. The number of carboxylic acids is 1. The topological polar surface area (TPSA) is 76.1 Å². The first-order valence-electron chi connectivity index (χ1n) is 9.73. The molecule has 3 rings (SSSR count). The summed E-state index contributed by atoms with van der Waals surface area (Å²) in [5.41, 5.74) is -0.604. The minimum Gasteiger partial charge on any atom is -0.490 e. The van der Waals surface area contributed by atoms with Gasteiger partial charge in [-0.2, -0.15) is 13.2 Å². The molecule has 34 heavy (non-hydrogen) atoms. The number of aliphatic carboxylic acids is 1. The van der Waals surface area contributed by atoms with Crippen molar-refractivity contribution in [3.05, 3.63) is 57.5 Å². The van der Waals surface area contributed by atoms with Crippen LogP contribution >= 0.6 is 35.6 Å². The van der Waals surface area contributed by atoms with Gasteiger partial charge in [-0.15, -0.1) is 0 Å². The van der Waals surface area contributed by atoms with E-state index in [1.165, 1.54) is 25.1 Å². The zero-order valence-corrected chi connectivity index (χ0v) is 20.1. The second kappa shape index (κ2) is 10.2. The van der Waals surface area contributed by atoms with E-state index in [4.69, 9.17) is 38.4 Å². The Balaban J connectivity index is 1.92. The molecule has 0 aliphatic carbocycles. The molecule has 1 aliphatic rings. The molecule has 1 atom stereocenters. The van der Waals surface area contributed by atoms with E-state index in [1.54, 1.807) is 19.1 Å². The Hall–Kier alpha value is -2.76. The van der Waals surface area contributed by atoms with E-state index >= 15 is 0 Å². The normalized spacial score (nSPS) is 16.2. The largest absolute Gasteiger partial charge is 0.490 e. The van der Waals surface area contributed by atoms with Crippen molar-refractivity contribution in [1.82, 2.24) is 0 Å². The Labute approximate surface area is 207 Å². The Morgan fingerprint density at radius 2 is 1.97 bits per heavy atom. The monoisotopic (exact) mass is 531 g/mol. The van der Waals surface area contributed by atoms with Crippen LogP contribution < -0.4 is 14.4 Å². The number of hydrogen-bond donors (Lipinski definition) is 1. The average Bonchev–Trinajstić information content (AvgIpc) is 3.02. The smallest absolute Gasteiger partial charge is 0.417 e. The summed E-state index contributed by atoms with van der Waals surface area (Å²) >= 11 is 11.8. The van der Waals surface area contributed by atoms with Crippen molar-refractivity contribution in [2.75, 3.05) is 11.5 Å². The van der Waals surface area contributed by atoms with E-state index < -0.39 is 34.7 Å². The molecule has 1 N–H and O–H groups in total. The molecule has 0 radical (unpaired) electrons. The maximum absolute atomic E-state index is 13.2. The lowest BCUT2D eigenvalue weighted by molar-refractivity contribution is -0.144. The lowest BCUT2D eigenvalue weighted by Gasteiger charge is -2.17. The third-order valence-corrected chi connectivity index (χ3v) is 6.16. The Kier molecular flexibility index (Phi) is 7.79. The van der Waals surface area contributed by atoms with Crippen LogP contribution in [0.2, 0.25) is 5.02 Å². The summed E-state index contributed by atoms with van der Waals surface area (Å²) in [6.45, 7) is 3.39. The molecule has 1 unspecified atom stereocenters. The molecule has 1 aliphatic heterocycles. The molecule has 2 aromatic rings.